The van der Waals surface area contributed by atoms with Crippen molar-refractivity contribution < 1.29 is 27.4 Å². The molecule has 1 aliphatic rings. The molecule has 1 aromatic heterocycles. The Labute approximate surface area is 196 Å². The molecule has 9 heteroatoms. The Hall–Kier alpha value is -3.07. The summed E-state index contributed by atoms with van der Waals surface area (Å²) in [5, 5.41) is 3.93. The second kappa shape index (κ2) is 9.66. The second-order valence-corrected chi connectivity index (χ2v) is 8.50. The van der Waals surface area contributed by atoms with E-state index in [1.165, 1.54) is 6.07 Å². The predicted octanol–water partition coefficient (Wildman–Crippen LogP) is 6.09. The molecule has 0 bridgehead atoms. The van der Waals surface area contributed by atoms with Gasteiger partial charge in [0.25, 0.3) is 0 Å². The number of anilines is 1. The maximum absolute atomic E-state index is 13.2. The van der Waals surface area contributed by atoms with Gasteiger partial charge >= 0.3 is 6.18 Å². The number of nitrogens with zero attached hydrogens (tertiary/aromatic N) is 2. The zero-order valence-electron chi connectivity index (χ0n) is 19.6. The highest BCUT2D eigenvalue weighted by molar-refractivity contribution is 5.92. The molecule has 34 heavy (non-hydrogen) atoms. The van der Waals surface area contributed by atoms with Crippen LogP contribution in [0.4, 0.5) is 19.0 Å². The highest BCUT2D eigenvalue weighted by Gasteiger charge is 2.31. The van der Waals surface area contributed by atoms with Crippen LogP contribution in [0.1, 0.15) is 49.7 Å². The first-order valence-corrected chi connectivity index (χ1v) is 11.2. The van der Waals surface area contributed by atoms with Crippen molar-refractivity contribution in [1.29, 1.82) is 0 Å². The Balaban J connectivity index is 1.68. The van der Waals surface area contributed by atoms with Crippen molar-refractivity contribution in [2.75, 3.05) is 19.0 Å². The number of fused-ring (bicyclic) bond motifs is 1. The van der Waals surface area contributed by atoms with Gasteiger partial charge in [0.05, 0.1) is 24.3 Å². The first-order chi connectivity index (χ1) is 16.2. The molecule has 1 saturated heterocycles. The normalized spacial score (nSPS) is 18.0. The maximum atomic E-state index is 13.2. The minimum Gasteiger partial charge on any atom is -0.493 e. The molecule has 6 nitrogen and oxygen atoms in total. The number of aromatic nitrogens is 2. The maximum Gasteiger partial charge on any atom is 0.416 e. The van der Waals surface area contributed by atoms with Crippen molar-refractivity contribution in [3.63, 3.8) is 0 Å². The molecule has 1 unspecified atom stereocenters. The SMILES string of the molecule is COc1cc2nc(C)nc(N[C@H](C)c3cccc(C(F)(F)F)c3)c2cc1OC(C)[C@@H]1CCCO1. The van der Waals surface area contributed by atoms with Crippen molar-refractivity contribution in [3.05, 3.63) is 53.3 Å². The van der Waals surface area contributed by atoms with Crippen LogP contribution < -0.4 is 14.8 Å². The minimum absolute atomic E-state index is 0.00759. The molecular formula is C25H28F3N3O3. The van der Waals surface area contributed by atoms with Gasteiger partial charge in [-0.1, -0.05) is 12.1 Å². The van der Waals surface area contributed by atoms with Crippen molar-refractivity contribution in [2.24, 2.45) is 0 Å². The van der Waals surface area contributed by atoms with E-state index < -0.39 is 17.8 Å². The molecule has 4 rings (SSSR count). The van der Waals surface area contributed by atoms with Crippen LogP contribution in [-0.4, -0.2) is 35.9 Å². The first kappa shape index (κ1) is 24.1. The number of methoxy groups -OCH3 is 1. The lowest BCUT2D eigenvalue weighted by Gasteiger charge is -2.23. The molecule has 0 aliphatic carbocycles. The van der Waals surface area contributed by atoms with Crippen LogP contribution in [0.15, 0.2) is 36.4 Å². The van der Waals surface area contributed by atoms with Gasteiger partial charge in [0.1, 0.15) is 17.7 Å². The summed E-state index contributed by atoms with van der Waals surface area (Å²) in [5.74, 6) is 2.09. The summed E-state index contributed by atoms with van der Waals surface area (Å²) < 4.78 is 57.0. The molecule has 182 valence electrons. The van der Waals surface area contributed by atoms with Gasteiger partial charge in [0.15, 0.2) is 11.5 Å². The number of rotatable bonds is 7. The summed E-state index contributed by atoms with van der Waals surface area (Å²) in [6.07, 6.45) is -2.65. The Morgan fingerprint density at radius 1 is 1.12 bits per heavy atom. The average Bonchev–Trinajstić information content (AvgIpc) is 3.33. The Morgan fingerprint density at radius 2 is 1.91 bits per heavy atom. The van der Waals surface area contributed by atoms with E-state index >= 15 is 0 Å². The average molecular weight is 476 g/mol. The lowest BCUT2D eigenvalue weighted by Crippen LogP contribution is -2.28. The zero-order chi connectivity index (χ0) is 24.5. The lowest BCUT2D eigenvalue weighted by atomic mass is 10.0. The molecular weight excluding hydrogens is 447 g/mol. The van der Waals surface area contributed by atoms with Crippen molar-refractivity contribution in [1.82, 2.24) is 9.97 Å². The van der Waals surface area contributed by atoms with E-state index in [0.717, 1.165) is 31.6 Å². The molecule has 0 amide bonds. The van der Waals surface area contributed by atoms with Gasteiger partial charge in [-0.2, -0.15) is 13.2 Å². The highest BCUT2D eigenvalue weighted by atomic mass is 19.4. The molecule has 1 aliphatic heterocycles. The summed E-state index contributed by atoms with van der Waals surface area (Å²) in [7, 11) is 1.56. The van der Waals surface area contributed by atoms with Crippen LogP contribution in [-0.2, 0) is 10.9 Å². The van der Waals surface area contributed by atoms with E-state index in [4.69, 9.17) is 14.2 Å². The lowest BCUT2D eigenvalue weighted by molar-refractivity contribution is -0.137. The van der Waals surface area contributed by atoms with E-state index in [1.807, 2.05) is 6.92 Å². The topological polar surface area (TPSA) is 65.5 Å². The number of ether oxygens (including phenoxy) is 3. The Bertz CT molecular complexity index is 1160. The number of halogens is 3. The van der Waals surface area contributed by atoms with Crippen molar-refractivity contribution >= 4 is 16.7 Å². The third kappa shape index (κ3) is 5.19. The zero-order valence-corrected chi connectivity index (χ0v) is 19.6. The Kier molecular flexibility index (Phi) is 6.84. The first-order valence-electron chi connectivity index (χ1n) is 11.2. The van der Waals surface area contributed by atoms with E-state index in [9.17, 15) is 13.2 Å². The van der Waals surface area contributed by atoms with Gasteiger partial charge in [0, 0.05) is 24.1 Å². The molecule has 2 aromatic carbocycles. The van der Waals surface area contributed by atoms with Gasteiger partial charge in [-0.3, -0.25) is 0 Å². The second-order valence-electron chi connectivity index (χ2n) is 8.50. The van der Waals surface area contributed by atoms with Crippen LogP contribution >= 0.6 is 0 Å². The Morgan fingerprint density at radius 3 is 2.59 bits per heavy atom. The third-order valence-electron chi connectivity index (χ3n) is 5.96. The van der Waals surface area contributed by atoms with Gasteiger partial charge < -0.3 is 19.5 Å². The molecule has 0 saturated carbocycles. The number of hydrogen-bond acceptors (Lipinski definition) is 6. The minimum atomic E-state index is -4.41. The largest absolute Gasteiger partial charge is 0.493 e. The molecule has 3 aromatic rings. The van der Waals surface area contributed by atoms with Gasteiger partial charge in [-0.25, -0.2) is 9.97 Å². The van der Waals surface area contributed by atoms with Crippen LogP contribution in [0.2, 0.25) is 0 Å². The molecule has 3 atom stereocenters. The summed E-state index contributed by atoms with van der Waals surface area (Å²) in [6, 6.07) is 8.42. The predicted molar refractivity (Wildman–Crippen MR) is 123 cm³/mol. The quantitative estimate of drug-likeness (QED) is 0.446. The van der Waals surface area contributed by atoms with Gasteiger partial charge in [-0.15, -0.1) is 0 Å². The van der Waals surface area contributed by atoms with Gasteiger partial charge in [-0.05, 0) is 57.4 Å². The van der Waals surface area contributed by atoms with Crippen LogP contribution in [0.5, 0.6) is 11.5 Å². The highest BCUT2D eigenvalue weighted by Crippen LogP contribution is 2.37. The standard InChI is InChI=1S/C25H28F3N3O3/c1-14(17-7-5-8-18(11-17)25(26,27)28)29-24-19-12-23(34-15(2)21-9-6-10-33-21)22(32-4)13-20(19)30-16(3)31-24/h5,7-8,11-15,21H,6,9-10H2,1-4H3,(H,29,30,31)/t14-,15?,21+/m1/s1. The fourth-order valence-corrected chi connectivity index (χ4v) is 4.14. The number of aryl methyl sites for hydroxylation is 1. The smallest absolute Gasteiger partial charge is 0.416 e. The number of alkyl halides is 3. The summed E-state index contributed by atoms with van der Waals surface area (Å²) >= 11 is 0. The monoisotopic (exact) mass is 475 g/mol. The van der Waals surface area contributed by atoms with Crippen molar-refractivity contribution in [3.8, 4) is 11.5 Å². The van der Waals surface area contributed by atoms with Crippen LogP contribution in [0.3, 0.4) is 0 Å². The van der Waals surface area contributed by atoms with Crippen LogP contribution in [0, 0.1) is 6.92 Å². The van der Waals surface area contributed by atoms with E-state index in [1.54, 1.807) is 39.2 Å². The molecule has 2 heterocycles. The molecule has 0 radical (unpaired) electrons. The fraction of sp³-hybridized carbons (Fsp3) is 0.440. The fourth-order valence-electron chi connectivity index (χ4n) is 4.14. The van der Waals surface area contributed by atoms with E-state index in [-0.39, 0.29) is 12.2 Å². The third-order valence-corrected chi connectivity index (χ3v) is 5.96. The number of benzene rings is 2. The summed E-state index contributed by atoms with van der Waals surface area (Å²) in [5.41, 5.74) is 0.447. The van der Waals surface area contributed by atoms with E-state index in [2.05, 4.69) is 15.3 Å². The summed E-state index contributed by atoms with van der Waals surface area (Å²) in [4.78, 5) is 9.03. The van der Waals surface area contributed by atoms with Crippen LogP contribution in [0.25, 0.3) is 10.9 Å². The summed E-state index contributed by atoms with van der Waals surface area (Å²) in [6.45, 7) is 6.23. The van der Waals surface area contributed by atoms with Gasteiger partial charge in [0.2, 0.25) is 0 Å². The number of hydrogen-bond donors (Lipinski definition) is 1. The van der Waals surface area contributed by atoms with E-state index in [0.29, 0.717) is 39.6 Å². The van der Waals surface area contributed by atoms with Crippen molar-refractivity contribution in [2.45, 2.75) is 58.0 Å². The molecule has 1 fully saturated rings. The molecule has 0 spiro atoms. The number of nitrogens with one attached hydrogen (secondary N) is 1. The molecule has 1 N–H and O–H groups in total.